The van der Waals surface area contributed by atoms with E-state index in [1.165, 1.54) is 11.8 Å². The maximum atomic E-state index is 12.6. The Balaban J connectivity index is 1.06. The average Bonchev–Trinajstić information content (AvgIpc) is 3.55. The molecule has 2 aliphatic heterocycles. The SMILES string of the molecule is Cn1c(SCC(=O)Nc2ccc3c(c2)OC2(CCCC2)O3)nnc1C1COc2ccccc2O1. The molecule has 176 valence electrons. The molecule has 10 heteroatoms. The number of rotatable bonds is 5. The number of fused-ring (bicyclic) bond motifs is 2. The topological polar surface area (TPSA) is 96.7 Å². The van der Waals surface area contributed by atoms with Gasteiger partial charge in [0.15, 0.2) is 40.1 Å². The second kappa shape index (κ2) is 8.43. The monoisotopic (exact) mass is 480 g/mol. The lowest BCUT2D eigenvalue weighted by atomic mass is 10.2. The Labute approximate surface area is 200 Å². The summed E-state index contributed by atoms with van der Waals surface area (Å²) in [6.45, 7) is 0.347. The van der Waals surface area contributed by atoms with Crippen LogP contribution in [0.25, 0.3) is 0 Å². The molecular formula is C24H24N4O5S. The number of amides is 1. The van der Waals surface area contributed by atoms with Crippen molar-refractivity contribution in [1.82, 2.24) is 14.8 Å². The highest BCUT2D eigenvalue weighted by atomic mass is 32.2. The van der Waals surface area contributed by atoms with Crippen LogP contribution in [-0.2, 0) is 11.8 Å². The Hall–Kier alpha value is -3.40. The smallest absolute Gasteiger partial charge is 0.251 e. The fourth-order valence-corrected chi connectivity index (χ4v) is 5.21. The van der Waals surface area contributed by atoms with E-state index in [1.54, 1.807) is 0 Å². The number of thioether (sulfide) groups is 1. The third-order valence-electron chi connectivity index (χ3n) is 6.18. The summed E-state index contributed by atoms with van der Waals surface area (Å²) < 4.78 is 25.8. The molecule has 34 heavy (non-hydrogen) atoms. The molecule has 1 amide bonds. The number of hydrogen-bond acceptors (Lipinski definition) is 8. The van der Waals surface area contributed by atoms with Crippen LogP contribution < -0.4 is 24.3 Å². The largest absolute Gasteiger partial charge is 0.485 e. The minimum absolute atomic E-state index is 0.143. The van der Waals surface area contributed by atoms with Gasteiger partial charge in [0.25, 0.3) is 5.79 Å². The molecule has 1 aromatic heterocycles. The lowest BCUT2D eigenvalue weighted by Crippen LogP contribution is -2.34. The molecule has 1 aliphatic carbocycles. The fraction of sp³-hybridized carbons (Fsp3) is 0.375. The highest BCUT2D eigenvalue weighted by Gasteiger charge is 2.44. The van der Waals surface area contributed by atoms with Crippen molar-refractivity contribution in [1.29, 1.82) is 0 Å². The lowest BCUT2D eigenvalue weighted by Gasteiger charge is -2.25. The molecule has 3 heterocycles. The van der Waals surface area contributed by atoms with Gasteiger partial charge in [0.2, 0.25) is 5.91 Å². The second-order valence-corrected chi connectivity index (χ2v) is 9.53. The predicted octanol–water partition coefficient (Wildman–Crippen LogP) is 4.10. The maximum absolute atomic E-state index is 12.6. The molecule has 2 aromatic carbocycles. The van der Waals surface area contributed by atoms with E-state index in [2.05, 4.69) is 15.5 Å². The summed E-state index contributed by atoms with van der Waals surface area (Å²) in [5, 5.41) is 12.1. The van der Waals surface area contributed by atoms with Crippen molar-refractivity contribution in [3.8, 4) is 23.0 Å². The lowest BCUT2D eigenvalue weighted by molar-refractivity contribution is -0.113. The summed E-state index contributed by atoms with van der Waals surface area (Å²) in [7, 11) is 1.86. The number of anilines is 1. The van der Waals surface area contributed by atoms with Gasteiger partial charge in [0.1, 0.15) is 6.61 Å². The Kier molecular flexibility index (Phi) is 5.24. The Bertz CT molecular complexity index is 1240. The Morgan fingerprint density at radius 1 is 1.09 bits per heavy atom. The highest BCUT2D eigenvalue weighted by molar-refractivity contribution is 7.99. The van der Waals surface area contributed by atoms with Crippen LogP contribution in [-0.4, -0.2) is 38.8 Å². The van der Waals surface area contributed by atoms with E-state index in [0.29, 0.717) is 40.5 Å². The maximum Gasteiger partial charge on any atom is 0.251 e. The number of hydrogen-bond donors (Lipinski definition) is 1. The first kappa shape index (κ1) is 21.2. The van der Waals surface area contributed by atoms with Gasteiger partial charge in [-0.25, -0.2) is 0 Å². The van der Waals surface area contributed by atoms with Gasteiger partial charge in [-0.2, -0.15) is 0 Å². The van der Waals surface area contributed by atoms with E-state index in [1.807, 2.05) is 54.1 Å². The number of carbonyl (C=O) groups is 1. The zero-order valence-electron chi connectivity index (χ0n) is 18.7. The first-order valence-electron chi connectivity index (χ1n) is 11.3. The molecule has 1 atom stereocenters. The zero-order valence-corrected chi connectivity index (χ0v) is 19.5. The van der Waals surface area contributed by atoms with Crippen LogP contribution >= 0.6 is 11.8 Å². The van der Waals surface area contributed by atoms with Crippen LogP contribution in [0.4, 0.5) is 5.69 Å². The van der Waals surface area contributed by atoms with Crippen molar-refractivity contribution in [3.05, 3.63) is 48.3 Å². The molecule has 3 aromatic rings. The number of aromatic nitrogens is 3. The van der Waals surface area contributed by atoms with Gasteiger partial charge in [0.05, 0.1) is 5.75 Å². The molecule has 0 bridgehead atoms. The standard InChI is InChI=1S/C24H24N4O5S/c1-28-22(20-13-30-16-6-2-3-7-17(16)31-20)26-27-23(28)34-14-21(29)25-15-8-9-18-19(12-15)33-24(32-18)10-4-5-11-24/h2-3,6-9,12,20H,4-5,10-11,13-14H2,1H3,(H,25,29). The van der Waals surface area contributed by atoms with E-state index in [0.717, 1.165) is 31.4 Å². The number of benzene rings is 2. The quantitative estimate of drug-likeness (QED) is 0.545. The molecule has 1 fully saturated rings. The van der Waals surface area contributed by atoms with Crippen molar-refractivity contribution in [3.63, 3.8) is 0 Å². The van der Waals surface area contributed by atoms with Crippen LogP contribution in [0.1, 0.15) is 37.6 Å². The van der Waals surface area contributed by atoms with Crippen molar-refractivity contribution in [2.75, 3.05) is 17.7 Å². The summed E-state index contributed by atoms with van der Waals surface area (Å²) in [6.07, 6.45) is 3.62. The molecule has 9 nitrogen and oxygen atoms in total. The van der Waals surface area contributed by atoms with Crippen LogP contribution in [0, 0.1) is 0 Å². The summed E-state index contributed by atoms with van der Waals surface area (Å²) in [6, 6.07) is 13.0. The molecule has 1 spiro atoms. The van der Waals surface area contributed by atoms with Gasteiger partial charge in [-0.15, -0.1) is 10.2 Å². The van der Waals surface area contributed by atoms with Gasteiger partial charge in [-0.05, 0) is 37.1 Å². The van der Waals surface area contributed by atoms with E-state index in [9.17, 15) is 4.79 Å². The van der Waals surface area contributed by atoms with Crippen LogP contribution in [0.3, 0.4) is 0 Å². The average molecular weight is 481 g/mol. The van der Waals surface area contributed by atoms with E-state index in [4.69, 9.17) is 18.9 Å². The number of carbonyl (C=O) groups excluding carboxylic acids is 1. The van der Waals surface area contributed by atoms with Crippen molar-refractivity contribution in [2.45, 2.75) is 42.7 Å². The molecule has 3 aliphatic rings. The van der Waals surface area contributed by atoms with Crippen molar-refractivity contribution in [2.24, 2.45) is 7.05 Å². The van der Waals surface area contributed by atoms with Crippen molar-refractivity contribution >= 4 is 23.4 Å². The molecule has 0 radical (unpaired) electrons. The summed E-state index contributed by atoms with van der Waals surface area (Å²) in [5.41, 5.74) is 0.674. The number of nitrogens with one attached hydrogen (secondary N) is 1. The molecule has 1 unspecified atom stereocenters. The van der Waals surface area contributed by atoms with Crippen LogP contribution in [0.5, 0.6) is 23.0 Å². The molecule has 0 saturated heterocycles. The predicted molar refractivity (Wildman–Crippen MR) is 125 cm³/mol. The minimum atomic E-state index is -0.515. The summed E-state index contributed by atoms with van der Waals surface area (Å²) in [4.78, 5) is 12.6. The molecule has 1 N–H and O–H groups in total. The summed E-state index contributed by atoms with van der Waals surface area (Å²) >= 11 is 1.31. The third kappa shape index (κ3) is 3.91. The Morgan fingerprint density at radius 3 is 2.74 bits per heavy atom. The molecular weight excluding hydrogens is 456 g/mol. The van der Waals surface area contributed by atoms with E-state index in [-0.39, 0.29) is 17.8 Å². The number of para-hydroxylation sites is 2. The van der Waals surface area contributed by atoms with E-state index >= 15 is 0 Å². The molecule has 6 rings (SSSR count). The van der Waals surface area contributed by atoms with E-state index < -0.39 is 5.79 Å². The normalized spacial score (nSPS) is 19.4. The van der Waals surface area contributed by atoms with Crippen LogP contribution in [0.2, 0.25) is 0 Å². The zero-order chi connectivity index (χ0) is 23.1. The molecule has 1 saturated carbocycles. The van der Waals surface area contributed by atoms with Gasteiger partial charge < -0.3 is 28.8 Å². The van der Waals surface area contributed by atoms with Crippen molar-refractivity contribution < 1.29 is 23.7 Å². The fourth-order valence-electron chi connectivity index (χ4n) is 4.50. The first-order chi connectivity index (χ1) is 16.6. The van der Waals surface area contributed by atoms with Gasteiger partial charge in [-0.3, -0.25) is 4.79 Å². The second-order valence-electron chi connectivity index (χ2n) is 8.58. The third-order valence-corrected chi connectivity index (χ3v) is 7.20. The highest BCUT2D eigenvalue weighted by Crippen LogP contribution is 2.47. The number of nitrogens with zero attached hydrogens (tertiary/aromatic N) is 3. The van der Waals surface area contributed by atoms with Gasteiger partial charge >= 0.3 is 0 Å². The van der Waals surface area contributed by atoms with Crippen LogP contribution in [0.15, 0.2) is 47.6 Å². The first-order valence-corrected chi connectivity index (χ1v) is 12.3. The van der Waals surface area contributed by atoms with Gasteiger partial charge in [0, 0.05) is 31.6 Å². The Morgan fingerprint density at radius 2 is 1.88 bits per heavy atom. The van der Waals surface area contributed by atoms with Gasteiger partial charge in [-0.1, -0.05) is 23.9 Å². The summed E-state index contributed by atoms with van der Waals surface area (Å²) in [5.74, 6) is 2.99. The minimum Gasteiger partial charge on any atom is -0.485 e. The number of ether oxygens (including phenoxy) is 4.